The van der Waals surface area contributed by atoms with Crippen molar-refractivity contribution in [2.75, 3.05) is 5.32 Å². The molecule has 0 aliphatic carbocycles. The van der Waals surface area contributed by atoms with Crippen molar-refractivity contribution in [3.63, 3.8) is 0 Å². The number of fused-ring (bicyclic) bond motifs is 1. The molecule has 10 heteroatoms. The van der Waals surface area contributed by atoms with Gasteiger partial charge in [-0.15, -0.1) is 0 Å². The fraction of sp³-hybridized carbons (Fsp3) is 0. The minimum Gasteiger partial charge on any atom is -0.506 e. The molecule has 0 bridgehead atoms. The Kier molecular flexibility index (Phi) is 3.26. The van der Waals surface area contributed by atoms with E-state index in [2.05, 4.69) is 15.3 Å². The number of nitrogens with one attached hydrogen (secondary N) is 2. The van der Waals surface area contributed by atoms with E-state index in [-0.39, 0.29) is 28.8 Å². The Morgan fingerprint density at radius 2 is 1.70 bits per heavy atom. The van der Waals surface area contributed by atoms with Gasteiger partial charge in [0, 0.05) is 18.2 Å². The van der Waals surface area contributed by atoms with Crippen LogP contribution in [0, 0.1) is 20.2 Å². The molecule has 3 aromatic rings. The summed E-state index contributed by atoms with van der Waals surface area (Å²) in [6, 6.07) is 7.73. The van der Waals surface area contributed by atoms with Crippen LogP contribution in [0.25, 0.3) is 11.0 Å². The molecule has 3 N–H and O–H groups in total. The molecule has 2 aromatic carbocycles. The number of aromatic hydroxyl groups is 1. The van der Waals surface area contributed by atoms with Crippen LogP contribution in [0.2, 0.25) is 0 Å². The van der Waals surface area contributed by atoms with Crippen molar-refractivity contribution < 1.29 is 15.0 Å². The molecule has 0 atom stereocenters. The number of hydrogen-bond acceptors (Lipinski definition) is 7. The SMILES string of the molecule is O=[N+]([O-])c1ccc(Nc2nc3ccc([N+](=O)[O-])cc3[nH]2)c(O)c1. The van der Waals surface area contributed by atoms with Gasteiger partial charge in [-0.05, 0) is 12.1 Å². The summed E-state index contributed by atoms with van der Waals surface area (Å²) in [6.45, 7) is 0. The van der Waals surface area contributed by atoms with Gasteiger partial charge in [-0.3, -0.25) is 20.2 Å². The topological polar surface area (TPSA) is 147 Å². The first-order chi connectivity index (χ1) is 10.9. The third-order valence-electron chi connectivity index (χ3n) is 3.12. The summed E-state index contributed by atoms with van der Waals surface area (Å²) in [6.07, 6.45) is 0. The maximum absolute atomic E-state index is 10.7. The number of imidazole rings is 1. The first-order valence-electron chi connectivity index (χ1n) is 6.32. The molecule has 10 nitrogen and oxygen atoms in total. The number of nitro benzene ring substituents is 2. The summed E-state index contributed by atoms with van der Waals surface area (Å²) in [5, 5.41) is 33.9. The van der Waals surface area contributed by atoms with E-state index < -0.39 is 9.85 Å². The molecular weight excluding hydrogens is 306 g/mol. The second kappa shape index (κ2) is 5.26. The molecule has 0 aliphatic heterocycles. The molecule has 0 saturated carbocycles. The third-order valence-corrected chi connectivity index (χ3v) is 3.12. The molecule has 0 aliphatic rings. The number of H-pyrrole nitrogens is 1. The minimum atomic E-state index is -0.621. The van der Waals surface area contributed by atoms with Crippen LogP contribution in [-0.2, 0) is 0 Å². The van der Waals surface area contributed by atoms with Crippen LogP contribution < -0.4 is 5.32 Å². The third kappa shape index (κ3) is 2.72. The van der Waals surface area contributed by atoms with Crippen molar-refractivity contribution in [2.45, 2.75) is 0 Å². The number of benzene rings is 2. The Hall–Kier alpha value is -3.69. The van der Waals surface area contributed by atoms with Gasteiger partial charge in [-0.25, -0.2) is 4.98 Å². The van der Waals surface area contributed by atoms with Gasteiger partial charge < -0.3 is 15.4 Å². The van der Waals surface area contributed by atoms with Gasteiger partial charge in [-0.2, -0.15) is 0 Å². The maximum atomic E-state index is 10.7. The minimum absolute atomic E-state index is 0.0779. The Bertz CT molecular complexity index is 936. The molecule has 0 saturated heterocycles. The van der Waals surface area contributed by atoms with Crippen molar-refractivity contribution in [1.82, 2.24) is 9.97 Å². The van der Waals surface area contributed by atoms with Gasteiger partial charge in [0.1, 0.15) is 5.75 Å². The maximum Gasteiger partial charge on any atom is 0.273 e. The summed E-state index contributed by atoms with van der Waals surface area (Å²) in [5.41, 5.74) is 0.839. The van der Waals surface area contributed by atoms with Gasteiger partial charge in [0.15, 0.2) is 0 Å². The number of aromatic nitrogens is 2. The Labute approximate surface area is 127 Å². The van der Waals surface area contributed by atoms with Gasteiger partial charge in [0.05, 0.1) is 32.6 Å². The fourth-order valence-corrected chi connectivity index (χ4v) is 2.04. The Morgan fingerprint density at radius 3 is 2.35 bits per heavy atom. The number of non-ortho nitro benzene ring substituents is 2. The van der Waals surface area contributed by atoms with E-state index in [4.69, 9.17) is 0 Å². The van der Waals surface area contributed by atoms with Gasteiger partial charge in [0.2, 0.25) is 5.95 Å². The van der Waals surface area contributed by atoms with E-state index in [1.54, 1.807) is 0 Å². The van der Waals surface area contributed by atoms with Crippen molar-refractivity contribution in [3.05, 3.63) is 56.6 Å². The molecule has 1 aromatic heterocycles. The van der Waals surface area contributed by atoms with Crippen LogP contribution in [-0.4, -0.2) is 24.9 Å². The average molecular weight is 315 g/mol. The quantitative estimate of drug-likeness (QED) is 0.381. The van der Waals surface area contributed by atoms with Crippen molar-refractivity contribution in [3.8, 4) is 5.75 Å². The van der Waals surface area contributed by atoms with Crippen LogP contribution in [0.15, 0.2) is 36.4 Å². The number of hydrogen-bond donors (Lipinski definition) is 3. The standard InChI is InChI=1S/C13H9N5O5/c19-12-6-8(18(22)23)2-4-10(12)15-13-14-9-3-1-7(17(20)21)5-11(9)16-13/h1-6,19H,(H2,14,15,16). The van der Waals surface area contributed by atoms with E-state index in [0.29, 0.717) is 11.0 Å². The predicted octanol–water partition coefficient (Wildman–Crippen LogP) is 2.83. The first-order valence-corrected chi connectivity index (χ1v) is 6.32. The van der Waals surface area contributed by atoms with E-state index in [9.17, 15) is 25.3 Å². The Morgan fingerprint density at radius 1 is 1.04 bits per heavy atom. The zero-order chi connectivity index (χ0) is 16.6. The summed E-state index contributed by atoms with van der Waals surface area (Å²) >= 11 is 0. The summed E-state index contributed by atoms with van der Waals surface area (Å²) in [5.74, 6) is -0.0738. The second-order valence-corrected chi connectivity index (χ2v) is 4.63. The molecule has 0 unspecified atom stereocenters. The molecule has 0 radical (unpaired) electrons. The lowest BCUT2D eigenvalue weighted by Crippen LogP contribution is -1.94. The average Bonchev–Trinajstić information content (AvgIpc) is 2.90. The molecule has 1 heterocycles. The van der Waals surface area contributed by atoms with Gasteiger partial charge >= 0.3 is 0 Å². The zero-order valence-electron chi connectivity index (χ0n) is 11.4. The smallest absolute Gasteiger partial charge is 0.273 e. The number of anilines is 2. The normalized spacial score (nSPS) is 10.6. The Balaban J connectivity index is 1.92. The molecule has 0 fully saturated rings. The summed E-state index contributed by atoms with van der Waals surface area (Å²) in [4.78, 5) is 27.2. The molecule has 23 heavy (non-hydrogen) atoms. The van der Waals surface area contributed by atoms with Crippen LogP contribution in [0.4, 0.5) is 23.0 Å². The molecule has 0 amide bonds. The molecule has 0 spiro atoms. The highest BCUT2D eigenvalue weighted by atomic mass is 16.6. The van der Waals surface area contributed by atoms with Crippen LogP contribution >= 0.6 is 0 Å². The highest BCUT2D eigenvalue weighted by Gasteiger charge is 2.13. The fourth-order valence-electron chi connectivity index (χ4n) is 2.04. The number of phenols is 1. The lowest BCUT2D eigenvalue weighted by molar-refractivity contribution is -0.385. The number of rotatable bonds is 4. The number of phenolic OH excluding ortho intramolecular Hbond substituents is 1. The lowest BCUT2D eigenvalue weighted by Gasteiger charge is -2.04. The van der Waals surface area contributed by atoms with Gasteiger partial charge in [-0.1, -0.05) is 0 Å². The largest absolute Gasteiger partial charge is 0.506 e. The first kappa shape index (κ1) is 14.3. The number of nitrogens with zero attached hydrogens (tertiary/aromatic N) is 3. The van der Waals surface area contributed by atoms with Gasteiger partial charge in [0.25, 0.3) is 11.4 Å². The predicted molar refractivity (Wildman–Crippen MR) is 80.8 cm³/mol. The van der Waals surface area contributed by atoms with Crippen LogP contribution in [0.3, 0.4) is 0 Å². The summed E-state index contributed by atoms with van der Waals surface area (Å²) in [7, 11) is 0. The van der Waals surface area contributed by atoms with E-state index >= 15 is 0 Å². The second-order valence-electron chi connectivity index (χ2n) is 4.63. The number of aromatic amines is 1. The number of nitro groups is 2. The van der Waals surface area contributed by atoms with Crippen molar-refractivity contribution >= 4 is 34.0 Å². The van der Waals surface area contributed by atoms with Crippen LogP contribution in [0.5, 0.6) is 5.75 Å². The van der Waals surface area contributed by atoms with E-state index in [1.165, 1.54) is 30.3 Å². The molecule has 3 rings (SSSR count). The zero-order valence-corrected chi connectivity index (χ0v) is 11.4. The van der Waals surface area contributed by atoms with E-state index in [0.717, 1.165) is 6.07 Å². The monoisotopic (exact) mass is 315 g/mol. The molecular formula is C13H9N5O5. The van der Waals surface area contributed by atoms with Crippen LogP contribution in [0.1, 0.15) is 0 Å². The lowest BCUT2D eigenvalue weighted by atomic mass is 10.2. The highest BCUT2D eigenvalue weighted by Crippen LogP contribution is 2.30. The molecule has 116 valence electrons. The van der Waals surface area contributed by atoms with Crippen molar-refractivity contribution in [2.24, 2.45) is 0 Å². The van der Waals surface area contributed by atoms with Crippen molar-refractivity contribution in [1.29, 1.82) is 0 Å². The summed E-state index contributed by atoms with van der Waals surface area (Å²) < 4.78 is 0. The van der Waals surface area contributed by atoms with E-state index in [1.807, 2.05) is 0 Å². The highest BCUT2D eigenvalue weighted by molar-refractivity contribution is 5.81.